The molecule has 2 aromatic rings. The summed E-state index contributed by atoms with van der Waals surface area (Å²) in [6.45, 7) is 0. The number of hydrogen-bond donors (Lipinski definition) is 2. The monoisotopic (exact) mass is 377 g/mol. The predicted octanol–water partition coefficient (Wildman–Crippen LogP) is -0.133. The lowest BCUT2D eigenvalue weighted by molar-refractivity contribution is -0.640. The van der Waals surface area contributed by atoms with Crippen LogP contribution in [0.1, 0.15) is 20.7 Å². The lowest BCUT2D eigenvalue weighted by Crippen LogP contribution is -3.10. The number of phenolic OH excluding ortho intramolecular Hbond substituents is 1. The van der Waals surface area contributed by atoms with Crippen LogP contribution < -0.4 is 17.3 Å². The number of halogens is 4. The maximum Gasteiger partial charge on any atom is 0.359 e. The van der Waals surface area contributed by atoms with E-state index in [-0.39, 0.29) is 49.3 Å². The van der Waals surface area contributed by atoms with Gasteiger partial charge >= 0.3 is 11.8 Å². The van der Waals surface area contributed by atoms with Crippen LogP contribution in [0.25, 0.3) is 0 Å². The molecule has 0 saturated carbocycles. The van der Waals surface area contributed by atoms with Gasteiger partial charge in [0, 0.05) is 12.1 Å². The van der Waals surface area contributed by atoms with Gasteiger partial charge in [0.15, 0.2) is 0 Å². The highest BCUT2D eigenvalue weighted by Crippen LogP contribution is 2.36. The molecular weight excluding hydrogens is 372 g/mol. The summed E-state index contributed by atoms with van der Waals surface area (Å²) in [6, 6.07) is 7.12. The zero-order chi connectivity index (χ0) is 15.3. The standard InChI is InChI=1S/C14H6Cl3NO3.ClH/c15-9-5-8-10(12(17)11(9)16)14(21)18(13(8)20)6-1-3-7(19)4-2-6;/h1-5,19H;1H. The summed E-state index contributed by atoms with van der Waals surface area (Å²) in [5, 5.41) is 9.43. The van der Waals surface area contributed by atoms with Crippen molar-refractivity contribution in [1.82, 2.24) is 0 Å². The molecule has 3 rings (SSSR count). The Kier molecular flexibility index (Phi) is 4.70. The first-order valence-corrected chi connectivity index (χ1v) is 6.98. The third-order valence-electron chi connectivity index (χ3n) is 3.24. The number of fused-ring (bicyclic) bond motifs is 1. The van der Waals surface area contributed by atoms with Gasteiger partial charge in [-0.05, 0) is 18.2 Å². The van der Waals surface area contributed by atoms with Crippen LogP contribution in [0.4, 0.5) is 5.69 Å². The number of quaternary nitrogens is 1. The van der Waals surface area contributed by atoms with Gasteiger partial charge in [0.2, 0.25) is 0 Å². The van der Waals surface area contributed by atoms with Crippen LogP contribution in [0.2, 0.25) is 15.1 Å². The second kappa shape index (κ2) is 6.07. The quantitative estimate of drug-likeness (QED) is 0.413. The maximum absolute atomic E-state index is 12.5. The van der Waals surface area contributed by atoms with Gasteiger partial charge < -0.3 is 17.5 Å². The molecule has 1 aliphatic heterocycles. The molecular formula is C14H7Cl4NO3. The van der Waals surface area contributed by atoms with Crippen molar-refractivity contribution in [3.05, 3.63) is 56.5 Å². The van der Waals surface area contributed by atoms with Gasteiger partial charge in [0.1, 0.15) is 22.6 Å². The number of amides is 2. The molecule has 2 N–H and O–H groups in total. The number of rotatable bonds is 1. The van der Waals surface area contributed by atoms with Crippen molar-refractivity contribution in [3.8, 4) is 5.75 Å². The molecule has 1 atom stereocenters. The molecule has 1 unspecified atom stereocenters. The van der Waals surface area contributed by atoms with Crippen molar-refractivity contribution in [2.45, 2.75) is 0 Å². The third kappa shape index (κ3) is 2.47. The number of benzene rings is 2. The highest BCUT2D eigenvalue weighted by molar-refractivity contribution is 6.50. The summed E-state index contributed by atoms with van der Waals surface area (Å²) < 4.78 is 0. The molecule has 0 fully saturated rings. The fraction of sp³-hybridized carbons (Fsp3) is 0. The summed E-state index contributed by atoms with van der Waals surface area (Å²) in [6.07, 6.45) is 0. The molecule has 2 amide bonds. The van der Waals surface area contributed by atoms with E-state index >= 15 is 0 Å². The molecule has 114 valence electrons. The van der Waals surface area contributed by atoms with E-state index in [2.05, 4.69) is 0 Å². The Morgan fingerprint density at radius 1 is 0.909 bits per heavy atom. The lowest BCUT2D eigenvalue weighted by Gasteiger charge is -2.06. The lowest BCUT2D eigenvalue weighted by atomic mass is 10.1. The Balaban J connectivity index is 0.00000176. The highest BCUT2D eigenvalue weighted by atomic mass is 35.5. The van der Waals surface area contributed by atoms with Crippen molar-refractivity contribution in [2.75, 3.05) is 0 Å². The van der Waals surface area contributed by atoms with Gasteiger partial charge in [-0.1, -0.05) is 34.8 Å². The average Bonchev–Trinajstić information content (AvgIpc) is 2.69. The van der Waals surface area contributed by atoms with Gasteiger partial charge in [-0.3, -0.25) is 0 Å². The zero-order valence-electron chi connectivity index (χ0n) is 10.7. The number of aromatic hydroxyl groups is 1. The molecule has 0 aliphatic carbocycles. The summed E-state index contributed by atoms with van der Waals surface area (Å²) in [4.78, 5) is 24.9. The Hall–Kier alpha value is -1.30. The van der Waals surface area contributed by atoms with Crippen LogP contribution in [0.3, 0.4) is 0 Å². The first-order chi connectivity index (χ1) is 9.91. The minimum Gasteiger partial charge on any atom is -1.00 e. The molecule has 1 aliphatic rings. The zero-order valence-corrected chi connectivity index (χ0v) is 13.7. The predicted molar refractivity (Wildman–Crippen MR) is 78.9 cm³/mol. The van der Waals surface area contributed by atoms with Gasteiger partial charge in [-0.15, -0.1) is 0 Å². The maximum atomic E-state index is 12.5. The van der Waals surface area contributed by atoms with E-state index in [9.17, 15) is 14.7 Å². The molecule has 8 heteroatoms. The van der Waals surface area contributed by atoms with Crippen LogP contribution in [0, 0.1) is 0 Å². The molecule has 0 radical (unpaired) electrons. The molecule has 0 spiro atoms. The number of phenols is 1. The molecule has 4 nitrogen and oxygen atoms in total. The van der Waals surface area contributed by atoms with E-state index in [1.807, 2.05) is 0 Å². The van der Waals surface area contributed by atoms with E-state index in [1.54, 1.807) is 0 Å². The molecule has 1 heterocycles. The van der Waals surface area contributed by atoms with Gasteiger partial charge in [-0.25, -0.2) is 9.59 Å². The highest BCUT2D eigenvalue weighted by Gasteiger charge is 2.45. The minimum absolute atomic E-state index is 0. The van der Waals surface area contributed by atoms with E-state index in [1.165, 1.54) is 30.3 Å². The minimum atomic E-state index is -0.496. The van der Waals surface area contributed by atoms with E-state index in [4.69, 9.17) is 34.8 Å². The van der Waals surface area contributed by atoms with E-state index in [0.717, 1.165) is 0 Å². The molecule has 2 aromatic carbocycles. The second-order valence-corrected chi connectivity index (χ2v) is 5.65. The van der Waals surface area contributed by atoms with Crippen LogP contribution in [0.15, 0.2) is 30.3 Å². The number of imide groups is 1. The van der Waals surface area contributed by atoms with Crippen molar-refractivity contribution in [3.63, 3.8) is 0 Å². The molecule has 0 aromatic heterocycles. The number of hydrogen-bond acceptors (Lipinski definition) is 3. The van der Waals surface area contributed by atoms with Crippen LogP contribution in [-0.4, -0.2) is 16.9 Å². The van der Waals surface area contributed by atoms with Gasteiger partial charge in [-0.2, -0.15) is 4.90 Å². The summed E-state index contributed by atoms with van der Waals surface area (Å²) in [5.41, 5.74) is 0.615. The number of carbonyl (C=O) groups excluding carboxylic acids is 2. The summed E-state index contributed by atoms with van der Waals surface area (Å²) in [5.74, 6) is -0.913. The summed E-state index contributed by atoms with van der Waals surface area (Å²) in [7, 11) is 0. The molecule has 0 bridgehead atoms. The van der Waals surface area contributed by atoms with Crippen molar-refractivity contribution < 1.29 is 32.0 Å². The van der Waals surface area contributed by atoms with Crippen LogP contribution in [0.5, 0.6) is 5.75 Å². The average molecular weight is 379 g/mol. The molecule has 0 saturated heterocycles. The van der Waals surface area contributed by atoms with E-state index < -0.39 is 11.8 Å². The second-order valence-electron chi connectivity index (χ2n) is 4.49. The number of carbonyl (C=O) groups is 2. The smallest absolute Gasteiger partial charge is 0.359 e. The summed E-state index contributed by atoms with van der Waals surface area (Å²) >= 11 is 17.9. The topological polar surface area (TPSA) is 58.8 Å². The SMILES string of the molecule is O=C1c2cc(Cl)c(Cl)c(Cl)c2C(=O)[NH+]1c1ccc(O)cc1.[Cl-]. The normalized spacial score (nSPS) is 16.4. The van der Waals surface area contributed by atoms with Crippen LogP contribution in [-0.2, 0) is 0 Å². The Labute approximate surface area is 146 Å². The Morgan fingerprint density at radius 3 is 2.09 bits per heavy atom. The first-order valence-electron chi connectivity index (χ1n) is 5.85. The van der Waals surface area contributed by atoms with Gasteiger partial charge in [0.25, 0.3) is 0 Å². The van der Waals surface area contributed by atoms with Gasteiger partial charge in [0.05, 0.1) is 15.1 Å². The van der Waals surface area contributed by atoms with Crippen molar-refractivity contribution in [2.24, 2.45) is 0 Å². The largest absolute Gasteiger partial charge is 1.00 e. The first kappa shape index (κ1) is 17.1. The van der Waals surface area contributed by atoms with Crippen LogP contribution >= 0.6 is 34.8 Å². The van der Waals surface area contributed by atoms with E-state index in [0.29, 0.717) is 5.69 Å². The molecule has 22 heavy (non-hydrogen) atoms. The third-order valence-corrected chi connectivity index (χ3v) is 4.51. The Bertz CT molecular complexity index is 790. The Morgan fingerprint density at radius 2 is 1.50 bits per heavy atom. The number of nitrogens with one attached hydrogen (secondary N) is 1. The van der Waals surface area contributed by atoms with Crippen molar-refractivity contribution in [1.29, 1.82) is 0 Å². The fourth-order valence-corrected chi connectivity index (χ4v) is 2.94. The fourth-order valence-electron chi connectivity index (χ4n) is 2.25. The van der Waals surface area contributed by atoms with Crippen molar-refractivity contribution >= 4 is 52.3 Å².